The molecule has 0 aliphatic rings. The van der Waals surface area contributed by atoms with Crippen molar-refractivity contribution in [3.8, 4) is 0 Å². The SMILES string of the molecule is Cc1cc(C)c(C(=O)O)c(SCc2c(C)nn(C)c2Cl)n1. The van der Waals surface area contributed by atoms with Crippen LogP contribution in [0.1, 0.15) is 32.9 Å². The predicted molar refractivity (Wildman–Crippen MR) is 83.2 cm³/mol. The van der Waals surface area contributed by atoms with Crippen LogP contribution in [0.25, 0.3) is 0 Å². The molecule has 0 bridgehead atoms. The first-order valence-corrected chi connectivity index (χ1v) is 7.70. The molecule has 0 unspecified atom stereocenters. The molecule has 112 valence electrons. The van der Waals surface area contributed by atoms with Gasteiger partial charge in [-0.25, -0.2) is 9.78 Å². The van der Waals surface area contributed by atoms with Crippen molar-refractivity contribution in [3.63, 3.8) is 0 Å². The number of pyridine rings is 1. The van der Waals surface area contributed by atoms with Crippen molar-refractivity contribution < 1.29 is 9.90 Å². The average Bonchev–Trinajstić information content (AvgIpc) is 2.59. The van der Waals surface area contributed by atoms with Crippen LogP contribution in [0.2, 0.25) is 5.15 Å². The van der Waals surface area contributed by atoms with Gasteiger partial charge in [0.25, 0.3) is 0 Å². The maximum Gasteiger partial charge on any atom is 0.338 e. The number of aryl methyl sites for hydroxylation is 4. The smallest absolute Gasteiger partial charge is 0.338 e. The average molecular weight is 326 g/mol. The summed E-state index contributed by atoms with van der Waals surface area (Å²) in [5.74, 6) is -0.425. The first-order valence-electron chi connectivity index (χ1n) is 6.33. The van der Waals surface area contributed by atoms with E-state index in [2.05, 4.69) is 10.1 Å². The maximum absolute atomic E-state index is 11.4. The number of aromatic nitrogens is 3. The van der Waals surface area contributed by atoms with Crippen molar-refractivity contribution in [1.82, 2.24) is 14.8 Å². The fourth-order valence-electron chi connectivity index (χ4n) is 2.15. The Morgan fingerprint density at radius 3 is 2.62 bits per heavy atom. The molecule has 0 saturated heterocycles. The zero-order valence-electron chi connectivity index (χ0n) is 12.3. The van der Waals surface area contributed by atoms with Crippen molar-refractivity contribution in [3.05, 3.63) is 39.3 Å². The lowest BCUT2D eigenvalue weighted by Crippen LogP contribution is -2.05. The Bertz CT molecular complexity index is 713. The number of thioether (sulfide) groups is 1. The summed E-state index contributed by atoms with van der Waals surface area (Å²) in [4.78, 5) is 15.8. The van der Waals surface area contributed by atoms with Crippen LogP contribution >= 0.6 is 23.4 Å². The Kier molecular flexibility index (Phi) is 4.58. The van der Waals surface area contributed by atoms with Crippen LogP contribution in [-0.4, -0.2) is 25.8 Å². The van der Waals surface area contributed by atoms with Crippen molar-refractivity contribution >= 4 is 29.3 Å². The van der Waals surface area contributed by atoms with Gasteiger partial charge in [-0.15, -0.1) is 11.8 Å². The normalized spacial score (nSPS) is 10.9. The van der Waals surface area contributed by atoms with Crippen LogP contribution in [0.5, 0.6) is 0 Å². The standard InChI is InChI=1S/C14H16ClN3O2S/c1-7-5-8(2)16-13(11(7)14(19)20)21-6-10-9(3)17-18(4)12(10)15/h5H,6H2,1-4H3,(H,19,20). The quantitative estimate of drug-likeness (QED) is 0.873. The minimum Gasteiger partial charge on any atom is -0.478 e. The third kappa shape index (κ3) is 3.22. The van der Waals surface area contributed by atoms with Crippen LogP contribution in [0.3, 0.4) is 0 Å². The predicted octanol–water partition coefficient (Wildman–Crippen LogP) is 3.38. The zero-order valence-corrected chi connectivity index (χ0v) is 13.8. The van der Waals surface area contributed by atoms with Gasteiger partial charge in [-0.3, -0.25) is 4.68 Å². The number of hydrogen-bond acceptors (Lipinski definition) is 4. The van der Waals surface area contributed by atoms with Gasteiger partial charge in [0, 0.05) is 24.1 Å². The molecule has 2 rings (SSSR count). The molecule has 0 amide bonds. The van der Waals surface area contributed by atoms with Gasteiger partial charge in [0.05, 0.1) is 11.3 Å². The molecular weight excluding hydrogens is 310 g/mol. The van der Waals surface area contributed by atoms with E-state index in [9.17, 15) is 9.90 Å². The Balaban J connectivity index is 2.34. The second-order valence-electron chi connectivity index (χ2n) is 4.83. The monoisotopic (exact) mass is 325 g/mol. The number of carboxylic acids is 1. The lowest BCUT2D eigenvalue weighted by molar-refractivity contribution is 0.0691. The number of carbonyl (C=O) groups is 1. The zero-order chi connectivity index (χ0) is 15.7. The third-order valence-corrected chi connectivity index (χ3v) is 4.62. The van der Waals surface area contributed by atoms with E-state index in [1.165, 1.54) is 11.8 Å². The molecular formula is C14H16ClN3O2S. The summed E-state index contributed by atoms with van der Waals surface area (Å²) in [7, 11) is 1.78. The summed E-state index contributed by atoms with van der Waals surface area (Å²) in [6.45, 7) is 5.52. The maximum atomic E-state index is 11.4. The van der Waals surface area contributed by atoms with E-state index < -0.39 is 5.97 Å². The van der Waals surface area contributed by atoms with Gasteiger partial charge in [0.2, 0.25) is 0 Å². The molecule has 0 aromatic carbocycles. The summed E-state index contributed by atoms with van der Waals surface area (Å²) in [5, 5.41) is 14.7. The Morgan fingerprint density at radius 1 is 1.43 bits per heavy atom. The number of nitrogens with zero attached hydrogens (tertiary/aromatic N) is 3. The minimum atomic E-state index is -0.962. The summed E-state index contributed by atoms with van der Waals surface area (Å²) in [6, 6.07) is 1.77. The molecule has 21 heavy (non-hydrogen) atoms. The minimum absolute atomic E-state index is 0.253. The first-order chi connectivity index (χ1) is 9.81. The van der Waals surface area contributed by atoms with Crippen molar-refractivity contribution in [2.24, 2.45) is 7.05 Å². The van der Waals surface area contributed by atoms with Crippen LogP contribution in [0, 0.1) is 20.8 Å². The number of carboxylic acid groups (broad SMARTS) is 1. The molecule has 0 atom stereocenters. The van der Waals surface area contributed by atoms with Crippen molar-refractivity contribution in [1.29, 1.82) is 0 Å². The van der Waals surface area contributed by atoms with Gasteiger partial charge in [-0.05, 0) is 32.4 Å². The highest BCUT2D eigenvalue weighted by Crippen LogP contribution is 2.30. The van der Waals surface area contributed by atoms with Crippen LogP contribution in [0.4, 0.5) is 0 Å². The van der Waals surface area contributed by atoms with E-state index in [4.69, 9.17) is 11.6 Å². The molecule has 0 radical (unpaired) electrons. The molecule has 0 aliphatic carbocycles. The fourth-order valence-corrected chi connectivity index (χ4v) is 3.69. The van der Waals surface area contributed by atoms with Gasteiger partial charge >= 0.3 is 5.97 Å². The van der Waals surface area contributed by atoms with Gasteiger partial charge < -0.3 is 5.11 Å². The van der Waals surface area contributed by atoms with Crippen LogP contribution in [0.15, 0.2) is 11.1 Å². The van der Waals surface area contributed by atoms with Crippen molar-refractivity contribution in [2.45, 2.75) is 31.6 Å². The van der Waals surface area contributed by atoms with Crippen molar-refractivity contribution in [2.75, 3.05) is 0 Å². The number of aromatic carboxylic acids is 1. The topological polar surface area (TPSA) is 68.0 Å². The van der Waals surface area contributed by atoms with Gasteiger partial charge in [-0.2, -0.15) is 5.10 Å². The fraction of sp³-hybridized carbons (Fsp3) is 0.357. The number of halogens is 1. The molecule has 5 nitrogen and oxygen atoms in total. The highest BCUT2D eigenvalue weighted by molar-refractivity contribution is 7.98. The van der Waals surface area contributed by atoms with Crippen LogP contribution in [-0.2, 0) is 12.8 Å². The third-order valence-electron chi connectivity index (χ3n) is 3.15. The lowest BCUT2D eigenvalue weighted by atomic mass is 10.1. The van der Waals surface area contributed by atoms with E-state index in [1.807, 2.05) is 13.8 Å². The van der Waals surface area contributed by atoms with E-state index in [-0.39, 0.29) is 5.56 Å². The van der Waals surface area contributed by atoms with E-state index in [0.717, 1.165) is 17.0 Å². The summed E-state index contributed by atoms with van der Waals surface area (Å²) < 4.78 is 1.61. The molecule has 0 saturated carbocycles. The number of hydrogen-bond donors (Lipinski definition) is 1. The van der Waals surface area contributed by atoms with Gasteiger partial charge in [0.15, 0.2) is 0 Å². The summed E-state index contributed by atoms with van der Waals surface area (Å²) in [6.07, 6.45) is 0. The number of rotatable bonds is 4. The molecule has 0 spiro atoms. The van der Waals surface area contributed by atoms with E-state index in [0.29, 0.717) is 21.5 Å². The lowest BCUT2D eigenvalue weighted by Gasteiger charge is -2.09. The van der Waals surface area contributed by atoms with E-state index >= 15 is 0 Å². The Morgan fingerprint density at radius 2 is 2.10 bits per heavy atom. The van der Waals surface area contributed by atoms with Gasteiger partial charge in [0.1, 0.15) is 10.2 Å². The van der Waals surface area contributed by atoms with Gasteiger partial charge in [-0.1, -0.05) is 11.6 Å². The molecule has 2 aromatic heterocycles. The first kappa shape index (κ1) is 15.9. The second-order valence-corrected chi connectivity index (χ2v) is 6.15. The molecule has 1 N–H and O–H groups in total. The molecule has 0 aliphatic heterocycles. The molecule has 2 aromatic rings. The highest BCUT2D eigenvalue weighted by atomic mass is 35.5. The largest absolute Gasteiger partial charge is 0.478 e. The highest BCUT2D eigenvalue weighted by Gasteiger charge is 2.18. The van der Waals surface area contributed by atoms with Crippen LogP contribution < -0.4 is 0 Å². The molecule has 7 heteroatoms. The second kappa shape index (κ2) is 6.07. The Hall–Kier alpha value is -1.53. The molecule has 2 heterocycles. The van der Waals surface area contributed by atoms with E-state index in [1.54, 1.807) is 24.7 Å². The Labute approximate surface area is 132 Å². The summed E-state index contributed by atoms with van der Waals surface area (Å²) in [5.41, 5.74) is 3.52. The molecule has 0 fully saturated rings. The summed E-state index contributed by atoms with van der Waals surface area (Å²) >= 11 is 7.56.